The van der Waals surface area contributed by atoms with Crippen LogP contribution in [0.4, 0.5) is 0 Å². The molecular formula is C18H27BrO2. The third-order valence-electron chi connectivity index (χ3n) is 4.07. The van der Waals surface area contributed by atoms with Gasteiger partial charge >= 0.3 is 0 Å². The Morgan fingerprint density at radius 2 is 1.57 bits per heavy atom. The average molecular weight is 355 g/mol. The fraction of sp³-hybridized carbons (Fsp3) is 0.667. The lowest BCUT2D eigenvalue weighted by molar-refractivity contribution is -0.206. The van der Waals surface area contributed by atoms with Crippen molar-refractivity contribution in [1.29, 1.82) is 0 Å². The first-order valence-corrected chi connectivity index (χ1v) is 9.07. The van der Waals surface area contributed by atoms with E-state index in [4.69, 9.17) is 9.47 Å². The van der Waals surface area contributed by atoms with Gasteiger partial charge in [0, 0.05) is 16.0 Å². The fourth-order valence-electron chi connectivity index (χ4n) is 2.74. The quantitative estimate of drug-likeness (QED) is 0.544. The summed E-state index contributed by atoms with van der Waals surface area (Å²) in [6.07, 6.45) is 9.19. The van der Waals surface area contributed by atoms with Gasteiger partial charge in [0.05, 0.1) is 13.2 Å². The maximum Gasteiger partial charge on any atom is 0.183 e. The molecule has 1 heterocycles. The molecule has 0 spiro atoms. The molecule has 0 aliphatic carbocycles. The van der Waals surface area contributed by atoms with Gasteiger partial charge in [-0.05, 0) is 18.6 Å². The SMILES string of the molecule is CCCCCCCCC1COC(c2ccc(Br)cc2)OC1. The molecule has 0 saturated carbocycles. The van der Waals surface area contributed by atoms with Gasteiger partial charge in [-0.2, -0.15) is 0 Å². The van der Waals surface area contributed by atoms with Crippen LogP contribution in [0.5, 0.6) is 0 Å². The summed E-state index contributed by atoms with van der Waals surface area (Å²) < 4.78 is 12.8. The molecule has 1 aliphatic rings. The van der Waals surface area contributed by atoms with Crippen LogP contribution in [0.25, 0.3) is 0 Å². The van der Waals surface area contributed by atoms with Gasteiger partial charge in [0.2, 0.25) is 0 Å². The van der Waals surface area contributed by atoms with E-state index in [1.807, 2.05) is 12.1 Å². The zero-order valence-corrected chi connectivity index (χ0v) is 14.6. The zero-order chi connectivity index (χ0) is 14.9. The van der Waals surface area contributed by atoms with Crippen molar-refractivity contribution in [2.24, 2.45) is 5.92 Å². The van der Waals surface area contributed by atoms with Gasteiger partial charge in [-0.25, -0.2) is 0 Å². The highest BCUT2D eigenvalue weighted by Crippen LogP contribution is 2.28. The summed E-state index contributed by atoms with van der Waals surface area (Å²) in [6.45, 7) is 3.92. The molecule has 1 aromatic carbocycles. The lowest BCUT2D eigenvalue weighted by Gasteiger charge is -2.29. The van der Waals surface area contributed by atoms with Crippen LogP contribution in [0.15, 0.2) is 28.7 Å². The smallest absolute Gasteiger partial charge is 0.183 e. The maximum atomic E-state index is 5.87. The topological polar surface area (TPSA) is 18.5 Å². The number of halogens is 1. The van der Waals surface area contributed by atoms with Crippen LogP contribution < -0.4 is 0 Å². The third kappa shape index (κ3) is 6.09. The van der Waals surface area contributed by atoms with E-state index in [0.29, 0.717) is 5.92 Å². The van der Waals surface area contributed by atoms with Crippen molar-refractivity contribution in [2.45, 2.75) is 58.2 Å². The molecule has 0 unspecified atom stereocenters. The predicted octanol–water partition coefficient (Wildman–Crippen LogP) is 5.86. The van der Waals surface area contributed by atoms with Crippen molar-refractivity contribution in [1.82, 2.24) is 0 Å². The third-order valence-corrected chi connectivity index (χ3v) is 4.60. The van der Waals surface area contributed by atoms with Gasteiger partial charge in [-0.1, -0.05) is 73.5 Å². The molecule has 0 N–H and O–H groups in total. The summed E-state index contributed by atoms with van der Waals surface area (Å²) in [5.41, 5.74) is 1.11. The van der Waals surface area contributed by atoms with Crippen LogP contribution in [0.2, 0.25) is 0 Å². The molecule has 1 aromatic rings. The lowest BCUT2D eigenvalue weighted by atomic mass is 10.0. The Labute approximate surface area is 137 Å². The number of hydrogen-bond acceptors (Lipinski definition) is 2. The van der Waals surface area contributed by atoms with Gasteiger partial charge < -0.3 is 9.47 Å². The Hall–Kier alpha value is -0.380. The summed E-state index contributed by atoms with van der Waals surface area (Å²) >= 11 is 3.45. The van der Waals surface area contributed by atoms with E-state index < -0.39 is 0 Å². The minimum Gasteiger partial charge on any atom is -0.348 e. The monoisotopic (exact) mass is 354 g/mol. The Morgan fingerprint density at radius 1 is 0.952 bits per heavy atom. The largest absolute Gasteiger partial charge is 0.348 e. The average Bonchev–Trinajstić information content (AvgIpc) is 2.52. The second-order valence-electron chi connectivity index (χ2n) is 5.97. The van der Waals surface area contributed by atoms with Crippen molar-refractivity contribution >= 4 is 15.9 Å². The summed E-state index contributed by atoms with van der Waals surface area (Å²) in [7, 11) is 0. The summed E-state index contributed by atoms with van der Waals surface area (Å²) in [4.78, 5) is 0. The lowest BCUT2D eigenvalue weighted by Crippen LogP contribution is -2.27. The first-order valence-electron chi connectivity index (χ1n) is 8.28. The minimum atomic E-state index is -0.182. The van der Waals surface area contributed by atoms with Gasteiger partial charge in [0.15, 0.2) is 6.29 Å². The molecule has 118 valence electrons. The molecular weight excluding hydrogens is 328 g/mol. The highest BCUT2D eigenvalue weighted by atomic mass is 79.9. The second-order valence-corrected chi connectivity index (χ2v) is 6.89. The molecule has 1 fully saturated rings. The minimum absolute atomic E-state index is 0.182. The maximum absolute atomic E-state index is 5.87. The molecule has 0 atom stereocenters. The van der Waals surface area contributed by atoms with Gasteiger partial charge in [0.1, 0.15) is 0 Å². The Balaban J connectivity index is 1.61. The predicted molar refractivity (Wildman–Crippen MR) is 90.3 cm³/mol. The summed E-state index contributed by atoms with van der Waals surface area (Å²) in [6, 6.07) is 8.18. The number of benzene rings is 1. The molecule has 2 nitrogen and oxygen atoms in total. The van der Waals surface area contributed by atoms with E-state index in [9.17, 15) is 0 Å². The molecule has 1 aliphatic heterocycles. The van der Waals surface area contributed by atoms with Crippen molar-refractivity contribution in [3.8, 4) is 0 Å². The molecule has 0 amide bonds. The molecule has 2 rings (SSSR count). The van der Waals surface area contributed by atoms with Gasteiger partial charge in [-0.3, -0.25) is 0 Å². The van der Waals surface area contributed by atoms with Gasteiger partial charge in [0.25, 0.3) is 0 Å². The molecule has 21 heavy (non-hydrogen) atoms. The van der Waals surface area contributed by atoms with E-state index in [-0.39, 0.29) is 6.29 Å². The van der Waals surface area contributed by atoms with Crippen molar-refractivity contribution < 1.29 is 9.47 Å². The second kappa shape index (κ2) is 9.60. The zero-order valence-electron chi connectivity index (χ0n) is 13.0. The van der Waals surface area contributed by atoms with Gasteiger partial charge in [-0.15, -0.1) is 0 Å². The van der Waals surface area contributed by atoms with E-state index >= 15 is 0 Å². The normalized spacial score (nSPS) is 22.4. The molecule has 0 radical (unpaired) electrons. The van der Waals surface area contributed by atoms with Crippen molar-refractivity contribution in [3.63, 3.8) is 0 Å². The standard InChI is InChI=1S/C18H27BrO2/c1-2-3-4-5-6-7-8-15-13-20-18(21-14-15)16-9-11-17(19)12-10-16/h9-12,15,18H,2-8,13-14H2,1H3. The van der Waals surface area contributed by atoms with Crippen LogP contribution in [0.3, 0.4) is 0 Å². The molecule has 3 heteroatoms. The highest BCUT2D eigenvalue weighted by Gasteiger charge is 2.23. The number of rotatable bonds is 8. The van der Waals surface area contributed by atoms with E-state index in [1.54, 1.807) is 0 Å². The number of ether oxygens (including phenoxy) is 2. The summed E-state index contributed by atoms with van der Waals surface area (Å²) in [5.74, 6) is 0.572. The van der Waals surface area contributed by atoms with E-state index in [2.05, 4.69) is 35.0 Å². The van der Waals surface area contributed by atoms with Crippen molar-refractivity contribution in [2.75, 3.05) is 13.2 Å². The van der Waals surface area contributed by atoms with Crippen LogP contribution >= 0.6 is 15.9 Å². The number of hydrogen-bond donors (Lipinski definition) is 0. The van der Waals surface area contributed by atoms with E-state index in [1.165, 1.54) is 44.9 Å². The fourth-order valence-corrected chi connectivity index (χ4v) is 3.00. The highest BCUT2D eigenvalue weighted by molar-refractivity contribution is 9.10. The molecule has 0 bridgehead atoms. The Bertz CT molecular complexity index is 383. The Morgan fingerprint density at radius 3 is 2.24 bits per heavy atom. The molecule has 1 saturated heterocycles. The Kier molecular flexibility index (Phi) is 7.76. The van der Waals surface area contributed by atoms with Crippen LogP contribution in [-0.4, -0.2) is 13.2 Å². The summed E-state index contributed by atoms with van der Waals surface area (Å²) in [5, 5.41) is 0. The van der Waals surface area contributed by atoms with Crippen molar-refractivity contribution in [3.05, 3.63) is 34.3 Å². The van der Waals surface area contributed by atoms with Crippen LogP contribution in [0.1, 0.15) is 63.7 Å². The van der Waals surface area contributed by atoms with E-state index in [0.717, 1.165) is 23.2 Å². The van der Waals surface area contributed by atoms with Crippen LogP contribution in [0, 0.1) is 5.92 Å². The molecule has 0 aromatic heterocycles. The van der Waals surface area contributed by atoms with Crippen LogP contribution in [-0.2, 0) is 9.47 Å². The number of unbranched alkanes of at least 4 members (excludes halogenated alkanes) is 5. The first kappa shape index (κ1) is 17.0. The first-order chi connectivity index (χ1) is 10.3.